The van der Waals surface area contributed by atoms with Crippen molar-refractivity contribution in [2.24, 2.45) is 0 Å². The zero-order chi connectivity index (χ0) is 24.7. The van der Waals surface area contributed by atoms with Crippen LogP contribution < -0.4 is 0 Å². The van der Waals surface area contributed by atoms with E-state index in [2.05, 4.69) is 35.3 Å². The Balaban J connectivity index is 1.78. The maximum atomic E-state index is 10.1. The third-order valence-corrected chi connectivity index (χ3v) is 6.62. The smallest absolute Gasteiger partial charge is 0.141 e. The minimum Gasteiger partial charge on any atom is -0.390 e. The molecule has 5 aromatic rings. The lowest BCUT2D eigenvalue weighted by atomic mass is 9.95. The van der Waals surface area contributed by atoms with Crippen molar-refractivity contribution in [2.75, 3.05) is 0 Å². The molecule has 0 saturated heterocycles. The first-order valence-corrected chi connectivity index (χ1v) is 11.9. The molecule has 5 nitrogen and oxygen atoms in total. The molecule has 6 heteroatoms. The van der Waals surface area contributed by atoms with Crippen molar-refractivity contribution in [1.82, 2.24) is 9.97 Å². The number of rotatable bonds is 5. The van der Waals surface area contributed by atoms with Gasteiger partial charge in [0.1, 0.15) is 5.82 Å². The van der Waals surface area contributed by atoms with Crippen LogP contribution in [0.2, 0.25) is 5.02 Å². The summed E-state index contributed by atoms with van der Waals surface area (Å²) in [6, 6.07) is 21.6. The lowest BCUT2D eigenvalue weighted by Crippen LogP contribution is -2.18. The number of hydrogen-bond acceptors (Lipinski definition) is 4. The number of aromatic nitrogens is 2. The molecule has 0 bridgehead atoms. The number of nitrogens with one attached hydrogen (secondary N) is 1. The zero-order valence-electron chi connectivity index (χ0n) is 19.5. The Morgan fingerprint density at radius 2 is 1.66 bits per heavy atom. The summed E-state index contributed by atoms with van der Waals surface area (Å²) in [7, 11) is 0. The molecule has 0 atom stereocenters. The van der Waals surface area contributed by atoms with Crippen molar-refractivity contribution in [3.8, 4) is 23.5 Å². The molecular weight excluding hydrogens is 456 g/mol. The Hall–Kier alpha value is -3.90. The van der Waals surface area contributed by atoms with E-state index in [1.165, 1.54) is 0 Å². The number of H-pyrrole nitrogens is 1. The van der Waals surface area contributed by atoms with Crippen molar-refractivity contribution < 1.29 is 5.11 Å². The molecule has 0 fully saturated rings. The van der Waals surface area contributed by atoms with Crippen LogP contribution in [-0.4, -0.2) is 20.7 Å². The summed E-state index contributed by atoms with van der Waals surface area (Å²) < 4.78 is 0. The zero-order valence-corrected chi connectivity index (χ0v) is 20.2. The maximum Gasteiger partial charge on any atom is 0.141 e. The normalized spacial score (nSPS) is 11.7. The van der Waals surface area contributed by atoms with Crippen LogP contribution in [-0.2, 0) is 6.42 Å². The molecule has 0 unspecified atom stereocenters. The van der Waals surface area contributed by atoms with E-state index in [0.717, 1.165) is 51.0 Å². The Morgan fingerprint density at radius 1 is 0.943 bits per heavy atom. The van der Waals surface area contributed by atoms with Gasteiger partial charge in [0.05, 0.1) is 45.5 Å². The van der Waals surface area contributed by atoms with E-state index in [9.17, 15) is 15.6 Å². The van der Waals surface area contributed by atoms with Crippen molar-refractivity contribution in [2.45, 2.75) is 38.7 Å². The third kappa shape index (κ3) is 4.21. The van der Waals surface area contributed by atoms with Crippen molar-refractivity contribution in [3.05, 3.63) is 76.3 Å². The highest BCUT2D eigenvalue weighted by atomic mass is 35.5. The van der Waals surface area contributed by atoms with Gasteiger partial charge in [0.2, 0.25) is 0 Å². The number of aryl methyl sites for hydroxylation is 1. The monoisotopic (exact) mass is 478 g/mol. The van der Waals surface area contributed by atoms with Gasteiger partial charge in [-0.1, -0.05) is 35.9 Å². The second kappa shape index (κ2) is 8.71. The van der Waals surface area contributed by atoms with Gasteiger partial charge in [-0.3, -0.25) is 0 Å². The third-order valence-electron chi connectivity index (χ3n) is 6.38. The number of halogens is 1. The van der Waals surface area contributed by atoms with Crippen LogP contribution in [0.5, 0.6) is 0 Å². The first-order valence-electron chi connectivity index (χ1n) is 11.5. The van der Waals surface area contributed by atoms with Crippen LogP contribution in [0.25, 0.3) is 44.0 Å². The molecule has 2 N–H and O–H groups in total. The largest absolute Gasteiger partial charge is 0.390 e. The van der Waals surface area contributed by atoms with E-state index < -0.39 is 5.60 Å². The number of fused-ring (bicyclic) bond motifs is 6. The summed E-state index contributed by atoms with van der Waals surface area (Å²) in [5, 5.41) is 34.1. The molecule has 4 aromatic carbocycles. The summed E-state index contributed by atoms with van der Waals surface area (Å²) in [5.41, 5.74) is 3.38. The summed E-state index contributed by atoms with van der Waals surface area (Å²) in [6.07, 6.45) is 2.41. The van der Waals surface area contributed by atoms with Crippen LogP contribution in [0.3, 0.4) is 0 Å². The standard InChI is InChI=1S/C29H23ClN4O/c1-29(2,35)12-4-5-17-8-10-21-23-14-20(30)9-11-22(23)26-27(24(21)13-17)34-28(33-26)25-18(15-31)6-3-7-19(25)16-32/h3,6-11,13-14,35H,4-5,12H2,1-2H3,(H,33,34). The molecule has 0 radical (unpaired) electrons. The number of nitrogens with zero attached hydrogens (tertiary/aromatic N) is 3. The van der Waals surface area contributed by atoms with Crippen LogP contribution >= 0.6 is 11.6 Å². The Labute approximate surface area is 208 Å². The minimum absolute atomic E-state index is 0.395. The summed E-state index contributed by atoms with van der Waals surface area (Å²) in [5.74, 6) is 0.491. The van der Waals surface area contributed by atoms with Crippen molar-refractivity contribution in [3.63, 3.8) is 0 Å². The Morgan fingerprint density at radius 3 is 2.34 bits per heavy atom. The number of hydrogen-bond donors (Lipinski definition) is 2. The van der Waals surface area contributed by atoms with Crippen LogP contribution in [0.15, 0.2) is 54.6 Å². The Kier molecular flexibility index (Phi) is 5.69. The number of benzene rings is 4. The average Bonchev–Trinajstić information content (AvgIpc) is 3.28. The first-order chi connectivity index (χ1) is 16.8. The molecule has 0 saturated carbocycles. The van der Waals surface area contributed by atoms with E-state index in [0.29, 0.717) is 34.0 Å². The number of imidazole rings is 1. The molecule has 172 valence electrons. The SMILES string of the molecule is CC(C)(O)CCCc1ccc2c3cc(Cl)ccc3c3[nH]c(-c4c(C#N)cccc4C#N)nc3c2c1. The number of nitriles is 2. The minimum atomic E-state index is -0.694. The highest BCUT2D eigenvalue weighted by Crippen LogP contribution is 2.38. The predicted molar refractivity (Wildman–Crippen MR) is 140 cm³/mol. The topological polar surface area (TPSA) is 96.5 Å². The lowest BCUT2D eigenvalue weighted by Gasteiger charge is -2.16. The van der Waals surface area contributed by atoms with Gasteiger partial charge in [0.25, 0.3) is 0 Å². The van der Waals surface area contributed by atoms with Crippen molar-refractivity contribution >= 4 is 44.2 Å². The molecule has 0 aliphatic carbocycles. The van der Waals surface area contributed by atoms with E-state index in [1.807, 2.05) is 32.0 Å². The van der Waals surface area contributed by atoms with E-state index in [-0.39, 0.29) is 0 Å². The van der Waals surface area contributed by atoms with Gasteiger partial charge >= 0.3 is 0 Å². The van der Waals surface area contributed by atoms with Gasteiger partial charge in [-0.15, -0.1) is 0 Å². The number of aliphatic hydroxyl groups is 1. The number of aromatic amines is 1. The van der Waals surface area contributed by atoms with Gasteiger partial charge in [-0.05, 0) is 79.8 Å². The van der Waals surface area contributed by atoms with Crippen LogP contribution in [0, 0.1) is 22.7 Å². The molecule has 5 rings (SSSR count). The quantitative estimate of drug-likeness (QED) is 0.265. The Bertz CT molecular complexity index is 1660. The van der Waals surface area contributed by atoms with Crippen LogP contribution in [0.1, 0.15) is 43.4 Å². The fourth-order valence-electron chi connectivity index (χ4n) is 4.74. The highest BCUT2D eigenvalue weighted by molar-refractivity contribution is 6.33. The lowest BCUT2D eigenvalue weighted by molar-refractivity contribution is 0.0689. The van der Waals surface area contributed by atoms with Gasteiger partial charge in [0.15, 0.2) is 0 Å². The van der Waals surface area contributed by atoms with Gasteiger partial charge < -0.3 is 10.1 Å². The fourth-order valence-corrected chi connectivity index (χ4v) is 4.91. The maximum absolute atomic E-state index is 10.1. The molecule has 0 amide bonds. The second-order valence-corrected chi connectivity index (χ2v) is 9.93. The molecule has 0 aliphatic rings. The first kappa shape index (κ1) is 22.9. The fraction of sp³-hybridized carbons (Fsp3) is 0.207. The van der Waals surface area contributed by atoms with Gasteiger partial charge in [-0.2, -0.15) is 10.5 Å². The molecule has 0 spiro atoms. The van der Waals surface area contributed by atoms with E-state index >= 15 is 0 Å². The van der Waals surface area contributed by atoms with Crippen molar-refractivity contribution in [1.29, 1.82) is 10.5 Å². The average molecular weight is 479 g/mol. The molecule has 1 heterocycles. The molecular formula is C29H23ClN4O. The van der Waals surface area contributed by atoms with E-state index in [1.54, 1.807) is 18.2 Å². The van der Waals surface area contributed by atoms with Gasteiger partial charge in [-0.25, -0.2) is 4.98 Å². The molecule has 0 aliphatic heterocycles. The van der Waals surface area contributed by atoms with E-state index in [4.69, 9.17) is 16.6 Å². The molecule has 35 heavy (non-hydrogen) atoms. The van der Waals surface area contributed by atoms with Crippen LogP contribution in [0.4, 0.5) is 0 Å². The highest BCUT2D eigenvalue weighted by Gasteiger charge is 2.19. The summed E-state index contributed by atoms with van der Waals surface area (Å²) >= 11 is 6.37. The second-order valence-electron chi connectivity index (χ2n) is 9.50. The summed E-state index contributed by atoms with van der Waals surface area (Å²) in [4.78, 5) is 8.34. The predicted octanol–water partition coefficient (Wildman–Crippen LogP) is 7.03. The molecule has 1 aromatic heterocycles. The summed E-state index contributed by atoms with van der Waals surface area (Å²) in [6.45, 7) is 3.65. The van der Waals surface area contributed by atoms with Gasteiger partial charge in [0, 0.05) is 15.8 Å².